The van der Waals surface area contributed by atoms with Gasteiger partial charge in [0.05, 0.1) is 17.9 Å². The molecule has 0 amide bonds. The molecule has 0 saturated carbocycles. The molecule has 1 atom stereocenters. The van der Waals surface area contributed by atoms with Crippen molar-refractivity contribution in [3.05, 3.63) is 46.2 Å². The summed E-state index contributed by atoms with van der Waals surface area (Å²) in [7, 11) is 0. The molecule has 3 aromatic heterocycles. The van der Waals surface area contributed by atoms with Crippen molar-refractivity contribution in [2.75, 3.05) is 13.2 Å². The van der Waals surface area contributed by atoms with Crippen LogP contribution in [-0.2, 0) is 6.42 Å². The fourth-order valence-electron chi connectivity index (χ4n) is 3.76. The summed E-state index contributed by atoms with van der Waals surface area (Å²) in [6.07, 6.45) is 8.03. The van der Waals surface area contributed by atoms with Crippen molar-refractivity contribution in [1.82, 2.24) is 29.6 Å². The molecule has 0 spiro atoms. The molecule has 4 heterocycles. The summed E-state index contributed by atoms with van der Waals surface area (Å²) < 4.78 is 7.72. The minimum absolute atomic E-state index is 0.0253. The van der Waals surface area contributed by atoms with Gasteiger partial charge in [-0.05, 0) is 38.8 Å². The fourth-order valence-corrected chi connectivity index (χ4v) is 3.76. The van der Waals surface area contributed by atoms with Crippen molar-refractivity contribution in [3.8, 4) is 17.3 Å². The van der Waals surface area contributed by atoms with Crippen molar-refractivity contribution in [2.45, 2.75) is 53.1 Å². The van der Waals surface area contributed by atoms with Crippen molar-refractivity contribution in [2.24, 2.45) is 0 Å². The lowest BCUT2D eigenvalue weighted by molar-refractivity contribution is 0.101. The van der Waals surface area contributed by atoms with Gasteiger partial charge in [0.15, 0.2) is 11.3 Å². The van der Waals surface area contributed by atoms with Gasteiger partial charge in [0, 0.05) is 24.5 Å². The molecule has 32 heavy (non-hydrogen) atoms. The molecule has 168 valence electrons. The van der Waals surface area contributed by atoms with Crippen LogP contribution >= 0.6 is 0 Å². The van der Waals surface area contributed by atoms with Gasteiger partial charge in [-0.2, -0.15) is 5.10 Å². The SMILES string of the molecule is CCCCOc1ncc(C(C)=O)cc1-c1nc2c(CC)n(C3C=CN3CC)nc2c(=O)[nH]1. The molecule has 0 aromatic carbocycles. The highest BCUT2D eigenvalue weighted by Crippen LogP contribution is 2.30. The van der Waals surface area contributed by atoms with Crippen LogP contribution in [0.4, 0.5) is 0 Å². The van der Waals surface area contributed by atoms with E-state index in [2.05, 4.69) is 33.8 Å². The molecule has 1 aliphatic rings. The fraction of sp³-hybridized carbons (Fsp3) is 0.435. The number of hydrogen-bond donors (Lipinski definition) is 1. The summed E-state index contributed by atoms with van der Waals surface area (Å²) >= 11 is 0. The Morgan fingerprint density at radius 2 is 2.06 bits per heavy atom. The number of carbonyl (C=O) groups excluding carboxylic acids is 1. The van der Waals surface area contributed by atoms with Crippen LogP contribution in [0.5, 0.6) is 5.88 Å². The molecular formula is C23H28N6O3. The van der Waals surface area contributed by atoms with E-state index < -0.39 is 0 Å². The maximum atomic E-state index is 13.0. The van der Waals surface area contributed by atoms with Gasteiger partial charge in [0.2, 0.25) is 5.88 Å². The predicted molar refractivity (Wildman–Crippen MR) is 122 cm³/mol. The van der Waals surface area contributed by atoms with Gasteiger partial charge in [-0.1, -0.05) is 20.3 Å². The minimum atomic E-state index is -0.336. The molecule has 4 rings (SSSR count). The highest BCUT2D eigenvalue weighted by molar-refractivity contribution is 5.95. The van der Waals surface area contributed by atoms with Crippen LogP contribution in [0.3, 0.4) is 0 Å². The molecule has 0 aliphatic carbocycles. The molecular weight excluding hydrogens is 408 g/mol. The van der Waals surface area contributed by atoms with Crippen molar-refractivity contribution in [3.63, 3.8) is 0 Å². The number of Topliss-reactive ketones (excluding diaryl/α,β-unsaturated/α-hetero) is 1. The second-order valence-corrected chi connectivity index (χ2v) is 7.78. The first-order valence-electron chi connectivity index (χ1n) is 11.1. The Morgan fingerprint density at radius 3 is 2.69 bits per heavy atom. The summed E-state index contributed by atoms with van der Waals surface area (Å²) in [5.41, 5.74) is 2.31. The number of hydrogen-bond acceptors (Lipinski definition) is 7. The zero-order valence-electron chi connectivity index (χ0n) is 18.9. The molecule has 1 aliphatic heterocycles. The molecule has 9 heteroatoms. The number of nitrogens with zero attached hydrogens (tertiary/aromatic N) is 5. The highest BCUT2D eigenvalue weighted by atomic mass is 16.5. The van der Waals surface area contributed by atoms with Crippen LogP contribution in [0.25, 0.3) is 22.4 Å². The second kappa shape index (κ2) is 8.94. The number of carbonyl (C=O) groups is 1. The quantitative estimate of drug-likeness (QED) is 0.404. The number of ketones is 1. The van der Waals surface area contributed by atoms with E-state index >= 15 is 0 Å². The zero-order valence-corrected chi connectivity index (χ0v) is 18.9. The lowest BCUT2D eigenvalue weighted by Crippen LogP contribution is -2.34. The molecule has 0 bridgehead atoms. The van der Waals surface area contributed by atoms with Gasteiger partial charge in [-0.25, -0.2) is 14.6 Å². The summed E-state index contributed by atoms with van der Waals surface area (Å²) in [5, 5.41) is 4.58. The van der Waals surface area contributed by atoms with Gasteiger partial charge in [-0.3, -0.25) is 9.59 Å². The average Bonchev–Trinajstić information content (AvgIpc) is 3.11. The van der Waals surface area contributed by atoms with E-state index in [1.165, 1.54) is 13.1 Å². The van der Waals surface area contributed by atoms with Gasteiger partial charge >= 0.3 is 0 Å². The Balaban J connectivity index is 1.86. The number of likely N-dealkylation sites (N-methyl/N-ethyl adjacent to an activating group) is 1. The minimum Gasteiger partial charge on any atom is -0.477 e. The number of aromatic amines is 1. The van der Waals surface area contributed by atoms with Crippen molar-refractivity contribution >= 4 is 16.8 Å². The zero-order chi connectivity index (χ0) is 22.8. The number of aryl methyl sites for hydroxylation is 1. The lowest BCUT2D eigenvalue weighted by Gasteiger charge is -2.35. The van der Waals surface area contributed by atoms with Crippen LogP contribution < -0.4 is 10.3 Å². The maximum Gasteiger partial charge on any atom is 0.279 e. The third-order valence-corrected chi connectivity index (χ3v) is 5.64. The van der Waals surface area contributed by atoms with E-state index in [0.717, 1.165) is 25.1 Å². The van der Waals surface area contributed by atoms with Crippen LogP contribution in [0.2, 0.25) is 0 Å². The summed E-state index contributed by atoms with van der Waals surface area (Å²) in [6.45, 7) is 8.97. The number of pyridine rings is 1. The summed E-state index contributed by atoms with van der Waals surface area (Å²) in [6, 6.07) is 1.67. The largest absolute Gasteiger partial charge is 0.477 e. The monoisotopic (exact) mass is 436 g/mol. The van der Waals surface area contributed by atoms with E-state index in [0.29, 0.717) is 46.9 Å². The lowest BCUT2D eigenvalue weighted by atomic mass is 10.1. The number of H-pyrrole nitrogens is 1. The van der Waals surface area contributed by atoms with Gasteiger partial charge < -0.3 is 14.6 Å². The number of aromatic nitrogens is 5. The first kappa shape index (κ1) is 21.7. The third-order valence-electron chi connectivity index (χ3n) is 5.64. The summed E-state index contributed by atoms with van der Waals surface area (Å²) in [5.74, 6) is 0.534. The maximum absolute atomic E-state index is 13.0. The van der Waals surface area contributed by atoms with Gasteiger partial charge in [0.25, 0.3) is 5.56 Å². The third kappa shape index (κ3) is 3.79. The van der Waals surface area contributed by atoms with Crippen molar-refractivity contribution < 1.29 is 9.53 Å². The molecule has 0 saturated heterocycles. The summed E-state index contributed by atoms with van der Waals surface area (Å²) in [4.78, 5) is 39.0. The molecule has 1 N–H and O–H groups in total. The van der Waals surface area contributed by atoms with E-state index in [9.17, 15) is 9.59 Å². The Hall–Kier alpha value is -3.49. The van der Waals surface area contributed by atoms with Gasteiger partial charge in [-0.15, -0.1) is 0 Å². The molecule has 1 unspecified atom stereocenters. The smallest absolute Gasteiger partial charge is 0.279 e. The number of fused-ring (bicyclic) bond motifs is 1. The van der Waals surface area contributed by atoms with E-state index in [1.54, 1.807) is 6.07 Å². The number of rotatable bonds is 9. The molecule has 0 radical (unpaired) electrons. The number of unbranched alkanes of at least 4 members (excludes halogenated alkanes) is 1. The molecule has 3 aromatic rings. The van der Waals surface area contributed by atoms with Crippen LogP contribution in [0, 0.1) is 0 Å². The average molecular weight is 437 g/mol. The molecule has 9 nitrogen and oxygen atoms in total. The van der Waals surface area contributed by atoms with Crippen molar-refractivity contribution in [1.29, 1.82) is 0 Å². The van der Waals surface area contributed by atoms with E-state index in [4.69, 9.17) is 9.72 Å². The van der Waals surface area contributed by atoms with Crippen LogP contribution in [0.1, 0.15) is 62.8 Å². The molecule has 0 fully saturated rings. The number of ether oxygens (including phenoxy) is 1. The number of nitrogens with one attached hydrogen (secondary N) is 1. The highest BCUT2D eigenvalue weighted by Gasteiger charge is 2.27. The Kier molecular flexibility index (Phi) is 6.07. The first-order valence-corrected chi connectivity index (χ1v) is 11.1. The van der Waals surface area contributed by atoms with E-state index in [-0.39, 0.29) is 17.5 Å². The standard InChI is InChI=1S/C23H28N6O3/c1-5-8-11-32-23-16(12-15(13-24-23)14(4)30)21-25-19-17(6-2)29(18-9-10-28(18)7-3)27-20(19)22(31)26-21/h9-10,12-13,18H,5-8,11H2,1-4H3,(H,25,26,31). The topological polar surface area (TPSA) is 106 Å². The van der Waals surface area contributed by atoms with Crippen LogP contribution in [-0.4, -0.2) is 48.6 Å². The Bertz CT molecular complexity index is 1240. The first-order chi connectivity index (χ1) is 15.5. The van der Waals surface area contributed by atoms with Gasteiger partial charge in [0.1, 0.15) is 17.5 Å². The second-order valence-electron chi connectivity index (χ2n) is 7.78. The van der Waals surface area contributed by atoms with Crippen LogP contribution in [0.15, 0.2) is 29.3 Å². The van der Waals surface area contributed by atoms with E-state index in [1.807, 2.05) is 23.9 Å². The Morgan fingerprint density at radius 1 is 1.25 bits per heavy atom. The predicted octanol–water partition coefficient (Wildman–Crippen LogP) is 3.47. The normalized spacial score (nSPS) is 15.2. The Labute approximate surface area is 186 Å².